The fraction of sp³-hybridized carbons (Fsp3) is 0.500. The number of benzene rings is 1. The van der Waals surface area contributed by atoms with Crippen LogP contribution in [0.5, 0.6) is 0 Å². The molecular weight excluding hydrogens is 340 g/mol. The molecule has 2 aromatic rings. The van der Waals surface area contributed by atoms with Gasteiger partial charge in [-0.1, -0.05) is 23.7 Å². The minimum atomic E-state index is -0.272. The zero-order valence-corrected chi connectivity index (χ0v) is 15.1. The highest BCUT2D eigenvalue weighted by Gasteiger charge is 2.50. The van der Waals surface area contributed by atoms with Gasteiger partial charge in [-0.2, -0.15) is 0 Å². The SMILES string of the molecule is CC(=O)N[C@@H](CCCCN)c1nnc(C2(c3ccc(Cl)cc3)CC2)o1. The standard InChI is InChI=1S/C18H23ClN4O2/c1-12(24)21-15(4-2-3-11-20)16-22-23-17(25-16)18(9-10-18)13-5-7-14(19)8-6-13/h5-8,15H,2-4,9-11,20H2,1H3,(H,21,24)/t15-/m0/s1. The molecule has 0 aliphatic heterocycles. The average molecular weight is 363 g/mol. The van der Waals surface area contributed by atoms with Gasteiger partial charge in [-0.15, -0.1) is 10.2 Å². The normalized spacial score (nSPS) is 16.4. The lowest BCUT2D eigenvalue weighted by Crippen LogP contribution is -2.26. The van der Waals surface area contributed by atoms with Crippen LogP contribution in [0.25, 0.3) is 0 Å². The highest BCUT2D eigenvalue weighted by atomic mass is 35.5. The molecule has 134 valence electrons. The van der Waals surface area contributed by atoms with E-state index in [0.29, 0.717) is 23.3 Å². The summed E-state index contributed by atoms with van der Waals surface area (Å²) in [5.74, 6) is 0.956. The van der Waals surface area contributed by atoms with E-state index in [1.165, 1.54) is 6.92 Å². The van der Waals surface area contributed by atoms with Crippen LogP contribution in [0.3, 0.4) is 0 Å². The third kappa shape index (κ3) is 4.02. The van der Waals surface area contributed by atoms with Crippen LogP contribution in [-0.2, 0) is 10.2 Å². The topological polar surface area (TPSA) is 94.0 Å². The van der Waals surface area contributed by atoms with Gasteiger partial charge in [-0.25, -0.2) is 0 Å². The summed E-state index contributed by atoms with van der Waals surface area (Å²) in [6.45, 7) is 2.12. The maximum absolute atomic E-state index is 11.5. The van der Waals surface area contributed by atoms with Crippen molar-refractivity contribution >= 4 is 17.5 Å². The minimum Gasteiger partial charge on any atom is -0.422 e. The molecule has 25 heavy (non-hydrogen) atoms. The number of rotatable bonds is 8. The van der Waals surface area contributed by atoms with Crippen molar-refractivity contribution in [1.29, 1.82) is 0 Å². The predicted octanol–water partition coefficient (Wildman–Crippen LogP) is 3.11. The molecule has 0 unspecified atom stereocenters. The molecule has 1 atom stereocenters. The number of nitrogens with one attached hydrogen (secondary N) is 1. The van der Waals surface area contributed by atoms with Crippen molar-refractivity contribution in [3.63, 3.8) is 0 Å². The van der Waals surface area contributed by atoms with Crippen molar-refractivity contribution in [2.75, 3.05) is 6.54 Å². The van der Waals surface area contributed by atoms with Gasteiger partial charge in [-0.3, -0.25) is 4.79 Å². The van der Waals surface area contributed by atoms with Gasteiger partial charge >= 0.3 is 0 Å². The first-order valence-corrected chi connectivity index (χ1v) is 9.00. The molecule has 1 fully saturated rings. The number of unbranched alkanes of at least 4 members (excludes halogenated alkanes) is 1. The summed E-state index contributed by atoms with van der Waals surface area (Å²) in [5.41, 5.74) is 6.47. The summed E-state index contributed by atoms with van der Waals surface area (Å²) in [5, 5.41) is 12.1. The second-order valence-electron chi connectivity index (χ2n) is 6.57. The third-order valence-electron chi connectivity index (χ3n) is 4.62. The molecule has 3 rings (SSSR count). The Bertz CT molecular complexity index is 725. The average Bonchev–Trinajstić information content (AvgIpc) is 3.24. The first-order chi connectivity index (χ1) is 12.0. The summed E-state index contributed by atoms with van der Waals surface area (Å²) in [6, 6.07) is 7.49. The summed E-state index contributed by atoms with van der Waals surface area (Å²) >= 11 is 5.98. The van der Waals surface area contributed by atoms with Gasteiger partial charge in [0, 0.05) is 11.9 Å². The van der Waals surface area contributed by atoms with E-state index in [1.807, 2.05) is 24.3 Å². The summed E-state index contributed by atoms with van der Waals surface area (Å²) in [6.07, 6.45) is 4.45. The Balaban J connectivity index is 1.80. The second-order valence-corrected chi connectivity index (χ2v) is 7.01. The molecular formula is C18H23ClN4O2. The molecule has 0 saturated heterocycles. The molecule has 0 spiro atoms. The van der Waals surface area contributed by atoms with Gasteiger partial charge < -0.3 is 15.5 Å². The van der Waals surface area contributed by atoms with E-state index >= 15 is 0 Å². The predicted molar refractivity (Wildman–Crippen MR) is 95.2 cm³/mol. The molecule has 6 nitrogen and oxygen atoms in total. The third-order valence-corrected chi connectivity index (χ3v) is 4.87. The summed E-state index contributed by atoms with van der Waals surface area (Å²) < 4.78 is 5.99. The van der Waals surface area contributed by atoms with E-state index in [9.17, 15) is 4.79 Å². The van der Waals surface area contributed by atoms with E-state index < -0.39 is 0 Å². The van der Waals surface area contributed by atoms with Crippen LogP contribution in [0, 0.1) is 0 Å². The van der Waals surface area contributed by atoms with Gasteiger partial charge in [0.2, 0.25) is 17.7 Å². The number of halogens is 1. The van der Waals surface area contributed by atoms with Crippen LogP contribution in [-0.4, -0.2) is 22.6 Å². The number of amides is 1. The smallest absolute Gasteiger partial charge is 0.238 e. The van der Waals surface area contributed by atoms with Gasteiger partial charge in [0.1, 0.15) is 6.04 Å². The van der Waals surface area contributed by atoms with E-state index in [-0.39, 0.29) is 17.4 Å². The van der Waals surface area contributed by atoms with Crippen molar-refractivity contribution < 1.29 is 9.21 Å². The van der Waals surface area contributed by atoms with Crippen molar-refractivity contribution in [2.24, 2.45) is 5.73 Å². The number of hydrogen-bond acceptors (Lipinski definition) is 5. The lowest BCUT2D eigenvalue weighted by Gasteiger charge is -2.14. The van der Waals surface area contributed by atoms with Crippen LogP contribution in [0.1, 0.15) is 62.4 Å². The van der Waals surface area contributed by atoms with Gasteiger partial charge in [0.25, 0.3) is 0 Å². The molecule has 0 radical (unpaired) electrons. The van der Waals surface area contributed by atoms with E-state index in [0.717, 1.165) is 37.7 Å². The monoisotopic (exact) mass is 362 g/mol. The van der Waals surface area contributed by atoms with Crippen LogP contribution < -0.4 is 11.1 Å². The maximum atomic E-state index is 11.5. The van der Waals surface area contributed by atoms with Crippen molar-refractivity contribution in [3.8, 4) is 0 Å². The van der Waals surface area contributed by atoms with Gasteiger partial charge in [-0.05, 0) is 56.3 Å². The molecule has 1 saturated carbocycles. The molecule has 1 amide bonds. The van der Waals surface area contributed by atoms with E-state index in [4.69, 9.17) is 21.8 Å². The first kappa shape index (κ1) is 17.9. The van der Waals surface area contributed by atoms with Crippen LogP contribution in [0.2, 0.25) is 5.02 Å². The number of carbonyl (C=O) groups excluding carboxylic acids is 1. The molecule has 1 aliphatic rings. The highest BCUT2D eigenvalue weighted by Crippen LogP contribution is 2.53. The Morgan fingerprint density at radius 2 is 2.04 bits per heavy atom. The molecule has 1 heterocycles. The van der Waals surface area contributed by atoms with Crippen molar-refractivity contribution in [3.05, 3.63) is 46.6 Å². The zero-order valence-electron chi connectivity index (χ0n) is 14.3. The van der Waals surface area contributed by atoms with Crippen molar-refractivity contribution in [1.82, 2.24) is 15.5 Å². The number of carbonyl (C=O) groups is 1. The van der Waals surface area contributed by atoms with Crippen molar-refractivity contribution in [2.45, 2.75) is 50.5 Å². The van der Waals surface area contributed by atoms with E-state index in [2.05, 4.69) is 15.5 Å². The number of aromatic nitrogens is 2. The lowest BCUT2D eigenvalue weighted by atomic mass is 9.96. The highest BCUT2D eigenvalue weighted by molar-refractivity contribution is 6.30. The van der Waals surface area contributed by atoms with Gasteiger partial charge in [0.05, 0.1) is 5.41 Å². The largest absolute Gasteiger partial charge is 0.422 e. The summed E-state index contributed by atoms with van der Waals surface area (Å²) in [7, 11) is 0. The van der Waals surface area contributed by atoms with Crippen LogP contribution in [0.15, 0.2) is 28.7 Å². The maximum Gasteiger partial charge on any atom is 0.238 e. The fourth-order valence-corrected chi connectivity index (χ4v) is 3.21. The van der Waals surface area contributed by atoms with Gasteiger partial charge in [0.15, 0.2) is 0 Å². The molecule has 0 bridgehead atoms. The van der Waals surface area contributed by atoms with Crippen LogP contribution >= 0.6 is 11.6 Å². The summed E-state index contributed by atoms with van der Waals surface area (Å²) in [4.78, 5) is 11.5. The second kappa shape index (κ2) is 7.54. The molecule has 3 N–H and O–H groups in total. The lowest BCUT2D eigenvalue weighted by molar-refractivity contribution is -0.119. The Hall–Kier alpha value is -1.92. The van der Waals surface area contributed by atoms with E-state index in [1.54, 1.807) is 0 Å². The number of hydrogen-bond donors (Lipinski definition) is 2. The minimum absolute atomic E-state index is 0.115. The molecule has 7 heteroatoms. The molecule has 1 aromatic heterocycles. The molecule has 1 aliphatic carbocycles. The Morgan fingerprint density at radius 1 is 1.32 bits per heavy atom. The van der Waals surface area contributed by atoms with Crippen LogP contribution in [0.4, 0.5) is 0 Å². The number of nitrogens with two attached hydrogens (primary N) is 1. The Kier molecular flexibility index (Phi) is 5.39. The zero-order chi connectivity index (χ0) is 17.9. The fourth-order valence-electron chi connectivity index (χ4n) is 3.08. The first-order valence-electron chi connectivity index (χ1n) is 8.62. The Morgan fingerprint density at radius 3 is 2.64 bits per heavy atom. The Labute approximate surface area is 152 Å². The quantitative estimate of drug-likeness (QED) is 0.703. The number of nitrogens with zero attached hydrogens (tertiary/aromatic N) is 2. The molecule has 1 aromatic carbocycles.